The zero-order valence-electron chi connectivity index (χ0n) is 12.2. The summed E-state index contributed by atoms with van der Waals surface area (Å²) in [4.78, 5) is 11.6. The van der Waals surface area contributed by atoms with Crippen LogP contribution in [0.3, 0.4) is 0 Å². The lowest BCUT2D eigenvalue weighted by Crippen LogP contribution is -2.42. The predicted molar refractivity (Wildman–Crippen MR) is 80.6 cm³/mol. The van der Waals surface area contributed by atoms with Crippen LogP contribution in [-0.4, -0.2) is 17.1 Å². The van der Waals surface area contributed by atoms with Gasteiger partial charge in [0.05, 0.1) is 0 Å². The van der Waals surface area contributed by atoms with E-state index < -0.39 is 12.0 Å². The average molecular weight is 275 g/mol. The summed E-state index contributed by atoms with van der Waals surface area (Å²) >= 11 is 0. The number of rotatable bonds is 6. The Morgan fingerprint density at radius 2 is 1.90 bits per heavy atom. The molecule has 0 spiro atoms. The molecule has 0 saturated heterocycles. The molecule has 0 aliphatic heterocycles. The molecule has 3 nitrogen and oxygen atoms in total. The molecule has 2 N–H and O–H groups in total. The highest BCUT2D eigenvalue weighted by atomic mass is 16.4. The monoisotopic (exact) mass is 275 g/mol. The number of nitrogens with one attached hydrogen (secondary N) is 1. The van der Waals surface area contributed by atoms with Crippen molar-refractivity contribution in [2.24, 2.45) is 5.92 Å². The zero-order chi connectivity index (χ0) is 14.4. The molecule has 1 aliphatic carbocycles. The van der Waals surface area contributed by atoms with Gasteiger partial charge < -0.3 is 5.11 Å². The largest absolute Gasteiger partial charge is 0.480 e. The molecule has 3 heteroatoms. The summed E-state index contributed by atoms with van der Waals surface area (Å²) in [6.45, 7) is 2.15. The van der Waals surface area contributed by atoms with E-state index in [4.69, 9.17) is 0 Å². The van der Waals surface area contributed by atoms with E-state index in [0.717, 1.165) is 12.0 Å². The van der Waals surface area contributed by atoms with Crippen LogP contribution in [0.4, 0.5) is 0 Å². The lowest BCUT2D eigenvalue weighted by molar-refractivity contribution is -0.140. The molecule has 0 aromatic heterocycles. The Bertz CT molecular complexity index is 412. The highest BCUT2D eigenvalue weighted by molar-refractivity contribution is 5.75. The first kappa shape index (κ1) is 15.0. The van der Waals surface area contributed by atoms with Crippen LogP contribution in [0, 0.1) is 5.92 Å². The maximum absolute atomic E-state index is 11.6. The van der Waals surface area contributed by atoms with Crippen molar-refractivity contribution in [3.63, 3.8) is 0 Å². The summed E-state index contributed by atoms with van der Waals surface area (Å²) < 4.78 is 0. The minimum absolute atomic E-state index is 0.302. The van der Waals surface area contributed by atoms with Crippen LogP contribution in [-0.2, 0) is 4.79 Å². The highest BCUT2D eigenvalue weighted by Crippen LogP contribution is 2.29. The lowest BCUT2D eigenvalue weighted by Gasteiger charge is -2.32. The summed E-state index contributed by atoms with van der Waals surface area (Å²) in [5, 5.41) is 12.9. The van der Waals surface area contributed by atoms with Crippen molar-refractivity contribution in [2.75, 3.05) is 0 Å². The van der Waals surface area contributed by atoms with E-state index in [-0.39, 0.29) is 0 Å². The quantitative estimate of drug-likeness (QED) is 0.831. The van der Waals surface area contributed by atoms with Crippen LogP contribution in [0.25, 0.3) is 0 Å². The molecule has 2 rings (SSSR count). The second kappa shape index (κ2) is 7.44. The molecule has 0 heterocycles. The van der Waals surface area contributed by atoms with E-state index in [0.29, 0.717) is 12.0 Å². The van der Waals surface area contributed by atoms with Gasteiger partial charge >= 0.3 is 5.97 Å². The molecule has 1 aliphatic rings. The fourth-order valence-electron chi connectivity index (χ4n) is 3.29. The van der Waals surface area contributed by atoms with Gasteiger partial charge in [0.1, 0.15) is 6.04 Å². The van der Waals surface area contributed by atoms with Gasteiger partial charge in [0, 0.05) is 6.04 Å². The number of carboxylic acid groups (broad SMARTS) is 1. The van der Waals surface area contributed by atoms with Gasteiger partial charge in [0.15, 0.2) is 0 Å². The maximum Gasteiger partial charge on any atom is 0.325 e. The smallest absolute Gasteiger partial charge is 0.325 e. The van der Waals surface area contributed by atoms with Crippen LogP contribution in [0.15, 0.2) is 30.3 Å². The molecule has 20 heavy (non-hydrogen) atoms. The number of hydrogen-bond acceptors (Lipinski definition) is 2. The maximum atomic E-state index is 11.6. The Morgan fingerprint density at radius 1 is 1.25 bits per heavy atom. The standard InChI is InChI=1S/C17H25NO2/c1-2-15(13-9-5-3-6-10-13)18-16(17(19)20)14-11-7-4-8-12-14/h4,7-8,11-13,15-16,18H,2-3,5-6,9-10H2,1H3,(H,19,20). The Balaban J connectivity index is 2.08. The molecule has 2 unspecified atom stereocenters. The van der Waals surface area contributed by atoms with E-state index in [2.05, 4.69) is 12.2 Å². The summed E-state index contributed by atoms with van der Waals surface area (Å²) in [6.07, 6.45) is 7.34. The number of benzene rings is 1. The SMILES string of the molecule is CCC(NC(C(=O)O)c1ccccc1)C1CCCCC1. The van der Waals surface area contributed by atoms with Gasteiger partial charge in [0.25, 0.3) is 0 Å². The molecule has 1 aromatic carbocycles. The lowest BCUT2D eigenvalue weighted by atomic mass is 9.82. The minimum atomic E-state index is -0.787. The first-order valence-corrected chi connectivity index (χ1v) is 7.76. The van der Waals surface area contributed by atoms with Gasteiger partial charge in [-0.3, -0.25) is 10.1 Å². The molecule has 110 valence electrons. The molecule has 0 amide bonds. The van der Waals surface area contributed by atoms with Crippen molar-refractivity contribution in [1.29, 1.82) is 0 Å². The molecular weight excluding hydrogens is 250 g/mol. The van der Waals surface area contributed by atoms with Crippen LogP contribution < -0.4 is 5.32 Å². The first-order valence-electron chi connectivity index (χ1n) is 7.76. The van der Waals surface area contributed by atoms with Crippen LogP contribution in [0.1, 0.15) is 57.1 Å². The zero-order valence-corrected chi connectivity index (χ0v) is 12.2. The Kier molecular flexibility index (Phi) is 5.60. The molecular formula is C17H25NO2. The summed E-state index contributed by atoms with van der Waals surface area (Å²) in [6, 6.07) is 9.20. The number of hydrogen-bond donors (Lipinski definition) is 2. The highest BCUT2D eigenvalue weighted by Gasteiger charge is 2.28. The van der Waals surface area contributed by atoms with Gasteiger partial charge in [-0.1, -0.05) is 56.5 Å². The van der Waals surface area contributed by atoms with Crippen molar-refractivity contribution in [3.8, 4) is 0 Å². The number of carboxylic acids is 1. The van der Waals surface area contributed by atoms with Gasteiger partial charge in [-0.25, -0.2) is 0 Å². The third-order valence-corrected chi connectivity index (χ3v) is 4.42. The Hall–Kier alpha value is -1.35. The van der Waals surface area contributed by atoms with E-state index in [1.54, 1.807) is 0 Å². The van der Waals surface area contributed by atoms with E-state index in [1.807, 2.05) is 30.3 Å². The van der Waals surface area contributed by atoms with Gasteiger partial charge in [0.2, 0.25) is 0 Å². The second-order valence-electron chi connectivity index (χ2n) is 5.76. The minimum Gasteiger partial charge on any atom is -0.480 e. The van der Waals surface area contributed by atoms with Crippen molar-refractivity contribution in [1.82, 2.24) is 5.32 Å². The first-order chi connectivity index (χ1) is 9.72. The van der Waals surface area contributed by atoms with E-state index in [1.165, 1.54) is 32.1 Å². The van der Waals surface area contributed by atoms with Crippen LogP contribution >= 0.6 is 0 Å². The van der Waals surface area contributed by atoms with Crippen molar-refractivity contribution in [3.05, 3.63) is 35.9 Å². The fourth-order valence-corrected chi connectivity index (χ4v) is 3.29. The fraction of sp³-hybridized carbons (Fsp3) is 0.588. The predicted octanol–water partition coefficient (Wildman–Crippen LogP) is 3.76. The molecule has 2 atom stereocenters. The number of aliphatic carboxylic acids is 1. The third kappa shape index (κ3) is 3.83. The summed E-state index contributed by atoms with van der Waals surface area (Å²) in [5.41, 5.74) is 0.842. The van der Waals surface area contributed by atoms with Crippen molar-refractivity contribution < 1.29 is 9.90 Å². The summed E-state index contributed by atoms with van der Waals surface area (Å²) in [7, 11) is 0. The van der Waals surface area contributed by atoms with E-state index in [9.17, 15) is 9.90 Å². The van der Waals surface area contributed by atoms with E-state index >= 15 is 0 Å². The third-order valence-electron chi connectivity index (χ3n) is 4.42. The molecule has 1 aromatic rings. The van der Waals surface area contributed by atoms with Gasteiger partial charge in [-0.2, -0.15) is 0 Å². The molecule has 0 radical (unpaired) electrons. The van der Waals surface area contributed by atoms with Crippen molar-refractivity contribution in [2.45, 2.75) is 57.5 Å². The molecule has 0 bridgehead atoms. The average Bonchev–Trinajstić information content (AvgIpc) is 2.50. The number of carbonyl (C=O) groups is 1. The van der Waals surface area contributed by atoms with Crippen LogP contribution in [0.5, 0.6) is 0 Å². The molecule has 1 saturated carbocycles. The second-order valence-corrected chi connectivity index (χ2v) is 5.76. The van der Waals surface area contributed by atoms with Gasteiger partial charge in [-0.15, -0.1) is 0 Å². The normalized spacial score (nSPS) is 19.4. The van der Waals surface area contributed by atoms with Crippen molar-refractivity contribution >= 4 is 5.97 Å². The Morgan fingerprint density at radius 3 is 2.45 bits per heavy atom. The molecule has 1 fully saturated rings. The Labute approximate surface area is 121 Å². The van der Waals surface area contributed by atoms with Crippen LogP contribution in [0.2, 0.25) is 0 Å². The topological polar surface area (TPSA) is 49.3 Å². The van der Waals surface area contributed by atoms with Gasteiger partial charge in [-0.05, 0) is 30.7 Å². The summed E-state index contributed by atoms with van der Waals surface area (Å²) in [5.74, 6) is -0.162.